The maximum Gasteiger partial charge on any atom is 0.193 e. The quantitative estimate of drug-likeness (QED) is 0.236. The summed E-state index contributed by atoms with van der Waals surface area (Å²) in [5, 5.41) is 0. The molecule has 2 rings (SSSR count). The molecule has 0 saturated carbocycles. The molecule has 0 fully saturated rings. The Hall–Kier alpha value is -2.41. The number of ketones is 1. The molecule has 0 aliphatic carbocycles. The summed E-state index contributed by atoms with van der Waals surface area (Å²) in [5.74, 6) is 0.0940. The Bertz CT molecular complexity index is 803. The standard InChI is InChI=1S/C27H34O/c1-21(2)11-10-13-23(4)22(3)12-8-9-14-24-17-19-26(20-18-24)27(28)25-15-6-5-7-16-25/h5-7,11,15-20H,8-10,12-14H2,1-4H3/b23-22+. The van der Waals surface area contributed by atoms with Gasteiger partial charge in [0, 0.05) is 11.1 Å². The SMILES string of the molecule is CC(C)=CCC/C(C)=C(\C)CCCCc1ccc(C(=O)c2ccccc2)cc1. The number of hydrogen-bond donors (Lipinski definition) is 0. The van der Waals surface area contributed by atoms with Crippen molar-refractivity contribution in [2.45, 2.75) is 66.2 Å². The van der Waals surface area contributed by atoms with E-state index in [9.17, 15) is 4.79 Å². The predicted molar refractivity (Wildman–Crippen MR) is 121 cm³/mol. The second kappa shape index (κ2) is 11.4. The Morgan fingerprint density at radius 3 is 2.00 bits per heavy atom. The van der Waals surface area contributed by atoms with Crippen LogP contribution in [0.4, 0.5) is 0 Å². The first kappa shape index (κ1) is 21.9. The van der Waals surface area contributed by atoms with Gasteiger partial charge in [0.05, 0.1) is 0 Å². The first-order valence-corrected chi connectivity index (χ1v) is 10.4. The number of rotatable bonds is 10. The average molecular weight is 375 g/mol. The van der Waals surface area contributed by atoms with Crippen molar-refractivity contribution in [1.82, 2.24) is 0 Å². The van der Waals surface area contributed by atoms with Gasteiger partial charge in [0.2, 0.25) is 0 Å². The van der Waals surface area contributed by atoms with Crippen LogP contribution in [0.5, 0.6) is 0 Å². The van der Waals surface area contributed by atoms with E-state index in [2.05, 4.69) is 45.9 Å². The molecule has 0 unspecified atom stereocenters. The van der Waals surface area contributed by atoms with Gasteiger partial charge in [-0.25, -0.2) is 0 Å². The number of benzene rings is 2. The van der Waals surface area contributed by atoms with Crippen LogP contribution in [0, 0.1) is 0 Å². The van der Waals surface area contributed by atoms with Gasteiger partial charge >= 0.3 is 0 Å². The van der Waals surface area contributed by atoms with Crippen molar-refractivity contribution in [3.63, 3.8) is 0 Å². The first-order valence-electron chi connectivity index (χ1n) is 10.4. The third-order valence-corrected chi connectivity index (χ3v) is 5.32. The third-order valence-electron chi connectivity index (χ3n) is 5.32. The van der Waals surface area contributed by atoms with Crippen molar-refractivity contribution < 1.29 is 4.79 Å². The van der Waals surface area contributed by atoms with Gasteiger partial charge in [-0.05, 0) is 71.8 Å². The van der Waals surface area contributed by atoms with Crippen LogP contribution in [0.1, 0.15) is 81.3 Å². The van der Waals surface area contributed by atoms with Crippen LogP contribution >= 0.6 is 0 Å². The number of hydrogen-bond acceptors (Lipinski definition) is 1. The fourth-order valence-corrected chi connectivity index (χ4v) is 3.30. The van der Waals surface area contributed by atoms with Crippen LogP contribution in [-0.4, -0.2) is 5.78 Å². The smallest absolute Gasteiger partial charge is 0.193 e. The van der Waals surface area contributed by atoms with E-state index in [0.717, 1.165) is 24.0 Å². The molecule has 0 amide bonds. The molecule has 0 saturated heterocycles. The molecule has 0 aromatic heterocycles. The summed E-state index contributed by atoms with van der Waals surface area (Å²) in [6.07, 6.45) is 9.31. The third kappa shape index (κ3) is 7.31. The lowest BCUT2D eigenvalue weighted by molar-refractivity contribution is 0.103. The lowest BCUT2D eigenvalue weighted by Crippen LogP contribution is -2.01. The van der Waals surface area contributed by atoms with Gasteiger partial charge in [-0.3, -0.25) is 4.79 Å². The predicted octanol–water partition coefficient (Wildman–Crippen LogP) is 7.71. The molecule has 28 heavy (non-hydrogen) atoms. The lowest BCUT2D eigenvalue weighted by Gasteiger charge is -2.08. The van der Waals surface area contributed by atoms with Gasteiger partial charge in [0.15, 0.2) is 5.78 Å². The van der Waals surface area contributed by atoms with Crippen molar-refractivity contribution >= 4 is 5.78 Å². The summed E-state index contributed by atoms with van der Waals surface area (Å²) >= 11 is 0. The highest BCUT2D eigenvalue weighted by atomic mass is 16.1. The summed E-state index contributed by atoms with van der Waals surface area (Å²) in [4.78, 5) is 12.5. The minimum atomic E-state index is 0.0940. The van der Waals surface area contributed by atoms with Gasteiger partial charge in [0.1, 0.15) is 0 Å². The average Bonchev–Trinajstić information content (AvgIpc) is 2.71. The molecule has 1 heteroatoms. The molecule has 0 heterocycles. The van der Waals surface area contributed by atoms with Crippen molar-refractivity contribution in [1.29, 1.82) is 0 Å². The van der Waals surface area contributed by atoms with Gasteiger partial charge in [-0.1, -0.05) is 77.4 Å². The van der Waals surface area contributed by atoms with Crippen molar-refractivity contribution in [2.75, 3.05) is 0 Å². The van der Waals surface area contributed by atoms with Crippen LogP contribution in [0.3, 0.4) is 0 Å². The molecule has 0 aliphatic heterocycles. The van der Waals surface area contributed by atoms with Crippen molar-refractivity contribution in [3.05, 3.63) is 94.1 Å². The Kier molecular flexibility index (Phi) is 8.94. The summed E-state index contributed by atoms with van der Waals surface area (Å²) in [6.45, 7) is 8.88. The molecule has 148 valence electrons. The number of carbonyl (C=O) groups excluding carboxylic acids is 1. The van der Waals surface area contributed by atoms with E-state index in [-0.39, 0.29) is 5.78 Å². The number of allylic oxidation sites excluding steroid dienone is 4. The Morgan fingerprint density at radius 1 is 0.750 bits per heavy atom. The molecule has 0 radical (unpaired) electrons. The second-order valence-corrected chi connectivity index (χ2v) is 7.98. The van der Waals surface area contributed by atoms with E-state index >= 15 is 0 Å². The highest BCUT2D eigenvalue weighted by Gasteiger charge is 2.08. The summed E-state index contributed by atoms with van der Waals surface area (Å²) in [5.41, 5.74) is 7.32. The molecule has 1 nitrogen and oxygen atoms in total. The Balaban J connectivity index is 1.77. The van der Waals surface area contributed by atoms with Gasteiger partial charge < -0.3 is 0 Å². The molecular formula is C27H34O. The van der Waals surface area contributed by atoms with Gasteiger partial charge in [-0.15, -0.1) is 0 Å². The largest absolute Gasteiger partial charge is 0.289 e. The van der Waals surface area contributed by atoms with Gasteiger partial charge in [0.25, 0.3) is 0 Å². The first-order chi connectivity index (χ1) is 13.5. The highest BCUT2D eigenvalue weighted by Crippen LogP contribution is 2.18. The molecule has 0 atom stereocenters. The van der Waals surface area contributed by atoms with Crippen LogP contribution in [0.15, 0.2) is 77.4 Å². The zero-order valence-electron chi connectivity index (χ0n) is 17.9. The van der Waals surface area contributed by atoms with Crippen molar-refractivity contribution in [2.24, 2.45) is 0 Å². The van der Waals surface area contributed by atoms with E-state index in [4.69, 9.17) is 0 Å². The normalized spacial score (nSPS) is 11.7. The van der Waals surface area contributed by atoms with E-state index < -0.39 is 0 Å². The molecule has 0 N–H and O–H groups in total. The minimum Gasteiger partial charge on any atom is -0.289 e. The zero-order valence-corrected chi connectivity index (χ0v) is 17.9. The molecule has 0 bridgehead atoms. The van der Waals surface area contributed by atoms with Crippen LogP contribution in [0.2, 0.25) is 0 Å². The fourth-order valence-electron chi connectivity index (χ4n) is 3.30. The summed E-state index contributed by atoms with van der Waals surface area (Å²) in [6, 6.07) is 17.6. The number of aryl methyl sites for hydroxylation is 1. The second-order valence-electron chi connectivity index (χ2n) is 7.98. The van der Waals surface area contributed by atoms with Crippen LogP contribution in [-0.2, 0) is 6.42 Å². The number of carbonyl (C=O) groups is 1. The Labute approximate surface area is 171 Å². The molecule has 2 aromatic carbocycles. The molecule has 2 aromatic rings. The molecular weight excluding hydrogens is 340 g/mol. The Morgan fingerprint density at radius 2 is 1.36 bits per heavy atom. The van der Waals surface area contributed by atoms with E-state index in [0.29, 0.717) is 0 Å². The van der Waals surface area contributed by atoms with Crippen molar-refractivity contribution in [3.8, 4) is 0 Å². The monoisotopic (exact) mass is 374 g/mol. The molecule has 0 aliphatic rings. The maximum absolute atomic E-state index is 12.5. The fraction of sp³-hybridized carbons (Fsp3) is 0.370. The number of unbranched alkanes of at least 4 members (excludes halogenated alkanes) is 1. The van der Waals surface area contributed by atoms with E-state index in [1.54, 1.807) is 11.1 Å². The van der Waals surface area contributed by atoms with Crippen LogP contribution < -0.4 is 0 Å². The van der Waals surface area contributed by atoms with E-state index in [1.807, 2.05) is 42.5 Å². The van der Waals surface area contributed by atoms with E-state index in [1.165, 1.54) is 36.8 Å². The molecule has 0 spiro atoms. The highest BCUT2D eigenvalue weighted by molar-refractivity contribution is 6.08. The summed E-state index contributed by atoms with van der Waals surface area (Å²) in [7, 11) is 0. The topological polar surface area (TPSA) is 17.1 Å². The van der Waals surface area contributed by atoms with Crippen LogP contribution in [0.25, 0.3) is 0 Å². The van der Waals surface area contributed by atoms with Gasteiger partial charge in [-0.2, -0.15) is 0 Å². The minimum absolute atomic E-state index is 0.0940. The lowest BCUT2D eigenvalue weighted by atomic mass is 9.98. The zero-order chi connectivity index (χ0) is 20.4. The maximum atomic E-state index is 12.5. The summed E-state index contributed by atoms with van der Waals surface area (Å²) < 4.78 is 0.